The molecule has 1 aliphatic carbocycles. The smallest absolute Gasteiger partial charge is 0.188 e. The summed E-state index contributed by atoms with van der Waals surface area (Å²) in [6, 6.07) is 22.7. The first-order valence-corrected chi connectivity index (χ1v) is 11.3. The Kier molecular flexibility index (Phi) is 5.95. The first kappa shape index (κ1) is 21.7. The summed E-state index contributed by atoms with van der Waals surface area (Å²) in [5.41, 5.74) is 1.89. The highest BCUT2D eigenvalue weighted by Crippen LogP contribution is 2.49. The van der Waals surface area contributed by atoms with E-state index in [9.17, 15) is 14.4 Å². The number of rotatable bonds is 6. The van der Waals surface area contributed by atoms with Gasteiger partial charge in [-0.3, -0.25) is 14.4 Å². The normalized spacial score (nSPS) is 16.5. The number of alkyl halides is 2. The molecule has 0 bridgehead atoms. The number of hydrogen-bond donors (Lipinski definition) is 0. The Hall–Kier alpha value is -2.57. The number of hydrogen-bond acceptors (Lipinski definition) is 4. The zero-order valence-electron chi connectivity index (χ0n) is 16.5. The maximum atomic E-state index is 13.5. The zero-order valence-corrected chi connectivity index (χ0v) is 19.7. The number of ether oxygens (including phenoxy) is 1. The molecular formula is C25H18Br2O4. The fourth-order valence-corrected chi connectivity index (χ4v) is 6.26. The number of halogens is 2. The molecule has 0 heterocycles. The molecule has 0 aromatic heterocycles. The highest BCUT2D eigenvalue weighted by atomic mass is 79.9. The molecule has 4 nitrogen and oxygen atoms in total. The van der Waals surface area contributed by atoms with E-state index in [1.165, 1.54) is 0 Å². The standard InChI is InChI=1S/C25H18Br2O4/c1-31-17-13-11-16(12-14-17)22(28)21(26)20(15-7-3-2-4-8-15)25(27)23(29)18-9-5-6-10-19(18)24(25)30/h2-14,20-21H,1H3/t20-,21-/m1/s1. The Morgan fingerprint density at radius 1 is 0.839 bits per heavy atom. The largest absolute Gasteiger partial charge is 0.497 e. The maximum absolute atomic E-state index is 13.5. The lowest BCUT2D eigenvalue weighted by atomic mass is 9.78. The summed E-state index contributed by atoms with van der Waals surface area (Å²) in [6.45, 7) is 0. The fourth-order valence-electron chi connectivity index (χ4n) is 3.98. The van der Waals surface area contributed by atoms with Crippen molar-refractivity contribution in [2.75, 3.05) is 7.11 Å². The quantitative estimate of drug-likeness (QED) is 0.230. The molecule has 1 aliphatic rings. The van der Waals surface area contributed by atoms with Gasteiger partial charge in [0, 0.05) is 22.6 Å². The molecule has 31 heavy (non-hydrogen) atoms. The second kappa shape index (κ2) is 8.52. The average Bonchev–Trinajstić information content (AvgIpc) is 3.01. The summed E-state index contributed by atoms with van der Waals surface area (Å²) in [5, 5.41) is 0. The number of carbonyl (C=O) groups is 3. The van der Waals surface area contributed by atoms with Gasteiger partial charge in [-0.05, 0) is 29.8 Å². The third kappa shape index (κ3) is 3.58. The molecule has 0 spiro atoms. The van der Waals surface area contributed by atoms with E-state index in [0.29, 0.717) is 28.0 Å². The van der Waals surface area contributed by atoms with Gasteiger partial charge in [0.05, 0.1) is 11.9 Å². The van der Waals surface area contributed by atoms with Gasteiger partial charge in [-0.25, -0.2) is 0 Å². The van der Waals surface area contributed by atoms with Gasteiger partial charge in [-0.1, -0.05) is 86.5 Å². The summed E-state index contributed by atoms with van der Waals surface area (Å²) in [7, 11) is 1.55. The van der Waals surface area contributed by atoms with Crippen molar-refractivity contribution < 1.29 is 19.1 Å². The second-order valence-electron chi connectivity index (χ2n) is 7.30. The molecule has 0 unspecified atom stereocenters. The van der Waals surface area contributed by atoms with Crippen LogP contribution in [0.1, 0.15) is 42.6 Å². The minimum Gasteiger partial charge on any atom is -0.497 e. The van der Waals surface area contributed by atoms with Crippen LogP contribution in [0.15, 0.2) is 78.9 Å². The van der Waals surface area contributed by atoms with E-state index >= 15 is 0 Å². The minimum atomic E-state index is -1.59. The van der Waals surface area contributed by atoms with Crippen LogP contribution in [0.5, 0.6) is 5.75 Å². The fraction of sp³-hybridized carbons (Fsp3) is 0.160. The van der Waals surface area contributed by atoms with E-state index in [4.69, 9.17) is 4.74 Å². The van der Waals surface area contributed by atoms with Crippen LogP contribution in [0, 0.1) is 0 Å². The molecule has 0 fully saturated rings. The molecule has 156 valence electrons. The van der Waals surface area contributed by atoms with Crippen LogP contribution in [0.3, 0.4) is 0 Å². The summed E-state index contributed by atoms with van der Waals surface area (Å²) >= 11 is 7.07. The number of carbonyl (C=O) groups excluding carboxylic acids is 3. The molecule has 4 rings (SSSR count). The van der Waals surface area contributed by atoms with Crippen molar-refractivity contribution in [2.24, 2.45) is 0 Å². The zero-order chi connectivity index (χ0) is 22.2. The van der Waals surface area contributed by atoms with Crippen molar-refractivity contribution in [2.45, 2.75) is 15.1 Å². The molecule has 0 saturated carbocycles. The van der Waals surface area contributed by atoms with E-state index in [1.807, 2.05) is 30.3 Å². The maximum Gasteiger partial charge on any atom is 0.188 e. The lowest BCUT2D eigenvalue weighted by Crippen LogP contribution is -2.46. The summed E-state index contributed by atoms with van der Waals surface area (Å²) in [6.07, 6.45) is 0. The molecule has 3 aromatic rings. The molecular weight excluding hydrogens is 524 g/mol. The third-order valence-electron chi connectivity index (χ3n) is 5.58. The molecule has 6 heteroatoms. The number of Topliss-reactive ketones (excluding diaryl/α,β-unsaturated/α-hetero) is 3. The summed E-state index contributed by atoms with van der Waals surface area (Å²) in [4.78, 5) is 39.5. The van der Waals surface area contributed by atoms with Crippen LogP contribution in [0.2, 0.25) is 0 Å². The lowest BCUT2D eigenvalue weighted by molar-refractivity contribution is 0.0844. The molecule has 2 atom stereocenters. The number of benzene rings is 3. The van der Waals surface area contributed by atoms with Crippen molar-refractivity contribution in [1.82, 2.24) is 0 Å². The second-order valence-corrected chi connectivity index (χ2v) is 9.54. The molecule has 3 aromatic carbocycles. The van der Waals surface area contributed by atoms with Crippen LogP contribution in [-0.2, 0) is 0 Å². The predicted octanol–water partition coefficient (Wildman–Crippen LogP) is 5.64. The molecule has 0 radical (unpaired) electrons. The van der Waals surface area contributed by atoms with Crippen LogP contribution < -0.4 is 4.74 Å². The number of fused-ring (bicyclic) bond motifs is 1. The topological polar surface area (TPSA) is 60.4 Å². The van der Waals surface area contributed by atoms with E-state index in [2.05, 4.69) is 31.9 Å². The molecule has 0 N–H and O–H groups in total. The SMILES string of the molecule is COc1ccc(C(=O)[C@H](Br)[C@@H](c2ccccc2)C2(Br)C(=O)c3ccccc3C2=O)cc1. The average molecular weight is 542 g/mol. The molecule has 0 saturated heterocycles. The van der Waals surface area contributed by atoms with Gasteiger partial charge in [-0.2, -0.15) is 0 Å². The van der Waals surface area contributed by atoms with Gasteiger partial charge < -0.3 is 4.74 Å². The Balaban J connectivity index is 1.81. The Labute approximate surface area is 196 Å². The van der Waals surface area contributed by atoms with Crippen molar-refractivity contribution in [3.05, 3.63) is 101 Å². The van der Waals surface area contributed by atoms with Gasteiger partial charge in [-0.15, -0.1) is 0 Å². The Morgan fingerprint density at radius 3 is 1.87 bits per heavy atom. The summed E-state index contributed by atoms with van der Waals surface area (Å²) < 4.78 is 3.58. The van der Waals surface area contributed by atoms with Crippen molar-refractivity contribution in [3.8, 4) is 5.75 Å². The van der Waals surface area contributed by atoms with E-state index in [1.54, 1.807) is 55.6 Å². The Bertz CT molecular complexity index is 1120. The highest BCUT2D eigenvalue weighted by Gasteiger charge is 2.59. The van der Waals surface area contributed by atoms with Crippen LogP contribution in [0.25, 0.3) is 0 Å². The molecule has 0 aliphatic heterocycles. The van der Waals surface area contributed by atoms with Gasteiger partial charge >= 0.3 is 0 Å². The van der Waals surface area contributed by atoms with Gasteiger partial charge in [0.15, 0.2) is 21.7 Å². The Morgan fingerprint density at radius 2 is 1.35 bits per heavy atom. The van der Waals surface area contributed by atoms with Crippen LogP contribution in [0.4, 0.5) is 0 Å². The van der Waals surface area contributed by atoms with Gasteiger partial charge in [0.25, 0.3) is 0 Å². The summed E-state index contributed by atoms with van der Waals surface area (Å²) in [5.74, 6) is -1.04. The number of ketones is 3. The van der Waals surface area contributed by atoms with Gasteiger partial charge in [0.2, 0.25) is 0 Å². The highest BCUT2D eigenvalue weighted by molar-refractivity contribution is 9.11. The number of methoxy groups -OCH3 is 1. The van der Waals surface area contributed by atoms with E-state index in [-0.39, 0.29) is 17.3 Å². The first-order valence-electron chi connectivity index (χ1n) is 9.64. The van der Waals surface area contributed by atoms with Crippen LogP contribution >= 0.6 is 31.9 Å². The molecule has 0 amide bonds. The lowest BCUT2D eigenvalue weighted by Gasteiger charge is -2.33. The van der Waals surface area contributed by atoms with E-state index < -0.39 is 15.1 Å². The van der Waals surface area contributed by atoms with Crippen molar-refractivity contribution in [1.29, 1.82) is 0 Å². The van der Waals surface area contributed by atoms with Crippen molar-refractivity contribution >= 4 is 49.2 Å². The third-order valence-corrected chi connectivity index (χ3v) is 7.74. The van der Waals surface area contributed by atoms with Gasteiger partial charge in [0.1, 0.15) is 5.75 Å². The predicted molar refractivity (Wildman–Crippen MR) is 126 cm³/mol. The minimum absolute atomic E-state index is 0.230. The van der Waals surface area contributed by atoms with E-state index in [0.717, 1.165) is 0 Å². The van der Waals surface area contributed by atoms with Crippen molar-refractivity contribution in [3.63, 3.8) is 0 Å². The van der Waals surface area contributed by atoms with Crippen LogP contribution in [-0.4, -0.2) is 33.6 Å². The first-order chi connectivity index (χ1) is 14.9. The monoisotopic (exact) mass is 540 g/mol.